The molecule has 1 saturated carbocycles. The van der Waals surface area contributed by atoms with Gasteiger partial charge < -0.3 is 43.5 Å². The molecule has 15 heteroatoms. The summed E-state index contributed by atoms with van der Waals surface area (Å²) in [7, 11) is 3.06. The first-order valence-corrected chi connectivity index (χ1v) is 23.0. The van der Waals surface area contributed by atoms with E-state index in [1.165, 1.54) is 20.4 Å². The van der Waals surface area contributed by atoms with Crippen LogP contribution in [0.15, 0.2) is 28.3 Å². The van der Waals surface area contributed by atoms with Gasteiger partial charge in [-0.3, -0.25) is 19.4 Å². The van der Waals surface area contributed by atoms with Crippen molar-refractivity contribution in [1.29, 1.82) is 0 Å². The zero-order chi connectivity index (χ0) is 45.4. The highest BCUT2D eigenvalue weighted by molar-refractivity contribution is 6.39. The van der Waals surface area contributed by atoms with Crippen LogP contribution in [0.3, 0.4) is 0 Å². The summed E-state index contributed by atoms with van der Waals surface area (Å²) >= 11 is 0. The summed E-state index contributed by atoms with van der Waals surface area (Å²) in [5, 5.41) is 24.1. The number of methoxy groups -OCH3 is 2. The van der Waals surface area contributed by atoms with Gasteiger partial charge in [0.05, 0.1) is 31.0 Å². The molecule has 1 amide bonds. The second-order valence-corrected chi connectivity index (χ2v) is 18.5. The molecule has 11 atom stereocenters. The van der Waals surface area contributed by atoms with E-state index in [9.17, 15) is 29.4 Å². The molecule has 4 aliphatic heterocycles. The maximum Gasteiger partial charge on any atom is 0.355 e. The summed E-state index contributed by atoms with van der Waals surface area (Å²) in [4.78, 5) is 76.5. The molecule has 0 aromatic heterocycles. The minimum Gasteiger partial charge on any atom is -0.464 e. The van der Waals surface area contributed by atoms with Gasteiger partial charge in [-0.1, -0.05) is 40.7 Å². The first-order chi connectivity index (χ1) is 29.5. The van der Waals surface area contributed by atoms with Crippen molar-refractivity contribution >= 4 is 35.6 Å². The number of hydrogen-bond acceptors (Lipinski definition) is 14. The molecule has 5 aliphatic rings. The predicted molar refractivity (Wildman–Crippen MR) is 229 cm³/mol. The molecule has 4 bridgehead atoms. The number of ether oxygens (including phenoxy) is 6. The quantitative estimate of drug-likeness (QED) is 0.174. The van der Waals surface area contributed by atoms with Crippen LogP contribution in [0.2, 0.25) is 0 Å². The number of cyclic esters (lactones) is 1. The number of aliphatic imine (C=N–C) groups is 1. The van der Waals surface area contributed by atoms with Crippen LogP contribution in [0, 0.1) is 29.6 Å². The molecule has 1 aliphatic carbocycles. The van der Waals surface area contributed by atoms with Crippen molar-refractivity contribution in [2.24, 2.45) is 34.6 Å². The Kier molecular flexibility index (Phi) is 17.7. The third kappa shape index (κ3) is 11.3. The largest absolute Gasteiger partial charge is 0.464 e. The van der Waals surface area contributed by atoms with Crippen LogP contribution < -0.4 is 0 Å². The fourth-order valence-electron chi connectivity index (χ4n) is 10.3. The summed E-state index contributed by atoms with van der Waals surface area (Å²) in [5.41, 5.74) is -0.875. The first kappa shape index (κ1) is 49.7. The molecular weight excluding hydrogens is 801 g/mol. The number of fused-ring (bicyclic) bond motifs is 3. The Balaban J connectivity index is 1.58. The Bertz CT molecular complexity index is 1690. The Morgan fingerprint density at radius 3 is 2.31 bits per heavy atom. The number of carbonyl (C=O) groups is 5. The number of rotatable bonds is 9. The number of piperidine rings is 1. The fourth-order valence-corrected chi connectivity index (χ4v) is 10.3. The Hall–Kier alpha value is -3.34. The number of aliphatic hydroxyl groups is 2. The molecule has 5 rings (SSSR count). The lowest BCUT2D eigenvalue weighted by Crippen LogP contribution is -2.67. The monoisotopic (exact) mass is 873 g/mol. The third-order valence-corrected chi connectivity index (χ3v) is 13.9. The molecule has 2 saturated heterocycles. The van der Waals surface area contributed by atoms with Gasteiger partial charge in [0.1, 0.15) is 18.8 Å². The number of amides is 1. The molecule has 62 heavy (non-hydrogen) atoms. The summed E-state index contributed by atoms with van der Waals surface area (Å²) in [6.07, 6.45) is 6.37. The second-order valence-electron chi connectivity index (χ2n) is 18.5. The maximum atomic E-state index is 15.1. The van der Waals surface area contributed by atoms with Crippen LogP contribution in [0.5, 0.6) is 0 Å². The SMILES string of the molecule is CCOC(=O)COC1CCC(C=C(CC)C2OC(=O)C34CCCCN3C(=O)C(=O)C3(O)OC(C(OC)CC(C)CC(C)C/C(=C/C=N4)C(=O)CC(O)C2C)C(OC)CC3C)CC1. The van der Waals surface area contributed by atoms with Crippen LogP contribution in [-0.2, 0) is 52.4 Å². The van der Waals surface area contributed by atoms with Crippen LogP contribution in [0.4, 0.5) is 0 Å². The number of esters is 2. The average molecular weight is 873 g/mol. The van der Waals surface area contributed by atoms with E-state index in [0.717, 1.165) is 23.3 Å². The lowest BCUT2D eigenvalue weighted by Gasteiger charge is -2.48. The van der Waals surface area contributed by atoms with E-state index in [1.54, 1.807) is 26.8 Å². The van der Waals surface area contributed by atoms with Gasteiger partial charge in [0.25, 0.3) is 11.7 Å². The van der Waals surface area contributed by atoms with Crippen molar-refractivity contribution in [2.75, 3.05) is 34.0 Å². The van der Waals surface area contributed by atoms with Crippen molar-refractivity contribution in [3.05, 3.63) is 23.3 Å². The summed E-state index contributed by atoms with van der Waals surface area (Å²) in [6.45, 7) is 11.3. The van der Waals surface area contributed by atoms with Gasteiger partial charge in [0.2, 0.25) is 11.4 Å². The van der Waals surface area contributed by atoms with Gasteiger partial charge in [0.15, 0.2) is 5.78 Å². The molecule has 348 valence electrons. The van der Waals surface area contributed by atoms with Crippen LogP contribution in [-0.4, -0.2) is 133 Å². The summed E-state index contributed by atoms with van der Waals surface area (Å²) < 4.78 is 35.4. The number of ketones is 2. The second kappa shape index (κ2) is 22.0. The summed E-state index contributed by atoms with van der Waals surface area (Å²) in [5.74, 6) is -8.01. The Morgan fingerprint density at radius 2 is 1.65 bits per heavy atom. The molecule has 0 aromatic carbocycles. The minimum absolute atomic E-state index is 0.00594. The fraction of sp³-hybridized carbons (Fsp3) is 0.787. The van der Waals surface area contributed by atoms with Gasteiger partial charge in [-0.05, 0) is 113 Å². The van der Waals surface area contributed by atoms with E-state index >= 15 is 4.79 Å². The third-order valence-electron chi connectivity index (χ3n) is 13.9. The highest BCUT2D eigenvalue weighted by atomic mass is 16.7. The van der Waals surface area contributed by atoms with Crippen molar-refractivity contribution in [3.8, 4) is 0 Å². The smallest absolute Gasteiger partial charge is 0.355 e. The minimum atomic E-state index is -2.57. The molecule has 11 unspecified atom stereocenters. The highest BCUT2D eigenvalue weighted by Gasteiger charge is 2.59. The first-order valence-electron chi connectivity index (χ1n) is 23.0. The van der Waals surface area contributed by atoms with Crippen LogP contribution in [0.25, 0.3) is 0 Å². The number of carbonyl (C=O) groups excluding carboxylic acids is 5. The molecule has 0 radical (unpaired) electrons. The van der Waals surface area contributed by atoms with Crippen molar-refractivity contribution < 1.29 is 62.6 Å². The van der Waals surface area contributed by atoms with Crippen molar-refractivity contribution in [3.63, 3.8) is 0 Å². The van der Waals surface area contributed by atoms with E-state index in [0.29, 0.717) is 56.9 Å². The standard InChI is InChI=1S/C47H72N2O13/c1-9-33(25-32-13-15-35(16-14-32)60-27-40(52)59-10-2)41-31(6)36(50)26-37(51)34-17-19-48-46(45(55)61-41)18-11-12-20-49(46)44(54)43(53)47(56)30(5)24-39(58-8)42(62-47)38(57-7)23-29(4)21-28(3)22-34/h17,19,25,28-32,35-36,38-39,41-42,50,56H,9-16,18,20-24,26-27H2,1-8H3/b33-25?,34-17-,48-19?. The number of allylic oxidation sites excluding steroid dienone is 3. The zero-order valence-electron chi connectivity index (χ0n) is 38.2. The van der Waals surface area contributed by atoms with E-state index in [-0.39, 0.29) is 68.7 Å². The van der Waals surface area contributed by atoms with E-state index < -0.39 is 77.4 Å². The molecule has 1 spiro atoms. The van der Waals surface area contributed by atoms with Gasteiger partial charge in [-0.25, -0.2) is 9.59 Å². The van der Waals surface area contributed by atoms with Gasteiger partial charge in [-0.2, -0.15) is 0 Å². The van der Waals surface area contributed by atoms with Gasteiger partial charge >= 0.3 is 11.9 Å². The average Bonchev–Trinajstić information content (AvgIpc) is 3.25. The van der Waals surface area contributed by atoms with Gasteiger partial charge in [0, 0.05) is 51.7 Å². The Morgan fingerprint density at radius 1 is 0.952 bits per heavy atom. The lowest BCUT2D eigenvalue weighted by molar-refractivity contribution is -0.302. The molecule has 4 heterocycles. The maximum absolute atomic E-state index is 15.1. The lowest BCUT2D eigenvalue weighted by atomic mass is 9.81. The normalized spacial score (nSPS) is 39.2. The van der Waals surface area contributed by atoms with Crippen molar-refractivity contribution in [1.82, 2.24) is 4.90 Å². The number of nitrogens with zero attached hydrogens (tertiary/aromatic N) is 2. The Labute approximate surface area is 367 Å². The topological polar surface area (TPSA) is 197 Å². The molecular formula is C47H72N2O13. The van der Waals surface area contributed by atoms with Crippen LogP contribution >= 0.6 is 0 Å². The predicted octanol–water partition coefficient (Wildman–Crippen LogP) is 5.22. The molecule has 15 nitrogen and oxygen atoms in total. The molecule has 0 aromatic rings. The number of Topliss-reactive ketones (excluding diaryl/α,β-unsaturated/α-hetero) is 2. The molecule has 2 N–H and O–H groups in total. The van der Waals surface area contributed by atoms with E-state index in [1.807, 2.05) is 6.92 Å². The summed E-state index contributed by atoms with van der Waals surface area (Å²) in [6, 6.07) is 0. The number of hydrogen-bond donors (Lipinski definition) is 2. The van der Waals surface area contributed by atoms with E-state index in [2.05, 4.69) is 19.9 Å². The molecule has 3 fully saturated rings. The number of aliphatic hydroxyl groups excluding tert-OH is 1. The van der Waals surface area contributed by atoms with Crippen LogP contribution in [0.1, 0.15) is 125 Å². The van der Waals surface area contributed by atoms with Crippen molar-refractivity contribution in [2.45, 2.75) is 173 Å². The van der Waals surface area contributed by atoms with Gasteiger partial charge in [-0.15, -0.1) is 0 Å². The van der Waals surface area contributed by atoms with E-state index in [4.69, 9.17) is 33.4 Å². The highest BCUT2D eigenvalue weighted by Crippen LogP contribution is 2.41. The zero-order valence-corrected chi connectivity index (χ0v) is 38.2.